The maximum atomic E-state index is 12.9. The van der Waals surface area contributed by atoms with Gasteiger partial charge in [-0.2, -0.15) is 0 Å². The van der Waals surface area contributed by atoms with Crippen molar-refractivity contribution < 1.29 is 19.1 Å². The summed E-state index contributed by atoms with van der Waals surface area (Å²) in [5.74, 6) is 0.859. The quantitative estimate of drug-likeness (QED) is 0.563. The standard InChI is InChI=1S/C27H27N3O4/c1-33-23-13-12-19(16-24(23)34-2)14-15-28-25(31)18-30-22-11-7-6-10-21(22)27(29-17-26(30)32)20-8-4-3-5-9-20/h3-13,16H,14-15,17-18H2,1-2H3,(H,28,31). The number of para-hydroxylation sites is 1. The molecule has 2 amide bonds. The van der Waals surface area contributed by atoms with E-state index in [1.165, 1.54) is 4.90 Å². The summed E-state index contributed by atoms with van der Waals surface area (Å²) in [6.45, 7) is 0.348. The van der Waals surface area contributed by atoms with Crippen LogP contribution in [0, 0.1) is 0 Å². The van der Waals surface area contributed by atoms with Gasteiger partial charge in [-0.25, -0.2) is 0 Å². The van der Waals surface area contributed by atoms with Crippen molar-refractivity contribution in [2.75, 3.05) is 38.8 Å². The molecule has 0 radical (unpaired) electrons. The van der Waals surface area contributed by atoms with Gasteiger partial charge in [-0.3, -0.25) is 14.6 Å². The maximum Gasteiger partial charge on any atom is 0.249 e. The predicted molar refractivity (Wildman–Crippen MR) is 132 cm³/mol. The van der Waals surface area contributed by atoms with E-state index in [1.807, 2.05) is 72.8 Å². The fraction of sp³-hybridized carbons (Fsp3) is 0.222. The number of aliphatic imine (C=N–C) groups is 1. The first-order valence-corrected chi connectivity index (χ1v) is 11.1. The van der Waals surface area contributed by atoms with E-state index in [0.717, 1.165) is 22.4 Å². The largest absolute Gasteiger partial charge is 0.493 e. The molecule has 1 N–H and O–H groups in total. The molecule has 4 rings (SSSR count). The first-order valence-electron chi connectivity index (χ1n) is 11.1. The molecule has 0 aliphatic carbocycles. The van der Waals surface area contributed by atoms with E-state index < -0.39 is 0 Å². The Morgan fingerprint density at radius 1 is 0.971 bits per heavy atom. The highest BCUT2D eigenvalue weighted by Gasteiger charge is 2.26. The second kappa shape index (κ2) is 10.7. The number of carbonyl (C=O) groups excluding carboxylic acids is 2. The van der Waals surface area contributed by atoms with Crippen molar-refractivity contribution in [2.24, 2.45) is 4.99 Å². The molecule has 3 aromatic carbocycles. The first-order chi connectivity index (χ1) is 16.6. The molecular formula is C27H27N3O4. The van der Waals surface area contributed by atoms with Crippen LogP contribution >= 0.6 is 0 Å². The van der Waals surface area contributed by atoms with Crippen molar-refractivity contribution in [1.29, 1.82) is 0 Å². The van der Waals surface area contributed by atoms with E-state index in [2.05, 4.69) is 10.3 Å². The van der Waals surface area contributed by atoms with Gasteiger partial charge in [-0.15, -0.1) is 0 Å². The van der Waals surface area contributed by atoms with Gasteiger partial charge in [0.25, 0.3) is 0 Å². The third kappa shape index (κ3) is 5.09. The molecule has 1 heterocycles. The summed E-state index contributed by atoms with van der Waals surface area (Å²) in [7, 11) is 3.18. The van der Waals surface area contributed by atoms with Crippen LogP contribution in [0.1, 0.15) is 16.7 Å². The van der Waals surface area contributed by atoms with Crippen LogP contribution in [-0.4, -0.2) is 51.4 Å². The molecule has 0 atom stereocenters. The Morgan fingerprint density at radius 3 is 2.47 bits per heavy atom. The highest BCUT2D eigenvalue weighted by atomic mass is 16.5. The molecule has 7 nitrogen and oxygen atoms in total. The Labute approximate surface area is 199 Å². The Kier molecular flexibility index (Phi) is 7.22. The lowest BCUT2D eigenvalue weighted by Crippen LogP contribution is -2.42. The molecule has 0 saturated carbocycles. The number of ether oxygens (including phenoxy) is 2. The van der Waals surface area contributed by atoms with Crippen molar-refractivity contribution in [3.8, 4) is 11.5 Å². The third-order valence-electron chi connectivity index (χ3n) is 5.66. The zero-order valence-electron chi connectivity index (χ0n) is 19.3. The number of carbonyl (C=O) groups is 2. The maximum absolute atomic E-state index is 12.9. The number of methoxy groups -OCH3 is 2. The number of rotatable bonds is 8. The van der Waals surface area contributed by atoms with Gasteiger partial charge in [-0.1, -0.05) is 54.6 Å². The average molecular weight is 458 g/mol. The lowest BCUT2D eigenvalue weighted by Gasteiger charge is -2.22. The van der Waals surface area contributed by atoms with Crippen molar-refractivity contribution in [3.63, 3.8) is 0 Å². The van der Waals surface area contributed by atoms with E-state index in [9.17, 15) is 9.59 Å². The van der Waals surface area contributed by atoms with Gasteiger partial charge in [0.2, 0.25) is 11.8 Å². The van der Waals surface area contributed by atoms with Crippen molar-refractivity contribution in [1.82, 2.24) is 5.32 Å². The minimum absolute atomic E-state index is 0.0160. The number of anilines is 1. The van der Waals surface area contributed by atoms with Gasteiger partial charge in [0.1, 0.15) is 13.1 Å². The number of hydrogen-bond acceptors (Lipinski definition) is 5. The summed E-state index contributed by atoms with van der Waals surface area (Å²) >= 11 is 0. The lowest BCUT2D eigenvalue weighted by atomic mass is 10.0. The van der Waals surface area contributed by atoms with Gasteiger partial charge in [-0.05, 0) is 30.2 Å². The highest BCUT2D eigenvalue weighted by Crippen LogP contribution is 2.28. The second-order valence-corrected chi connectivity index (χ2v) is 7.82. The van der Waals surface area contributed by atoms with Crippen LogP contribution in [0.2, 0.25) is 0 Å². The van der Waals surface area contributed by atoms with Crippen LogP contribution in [0.5, 0.6) is 11.5 Å². The third-order valence-corrected chi connectivity index (χ3v) is 5.66. The van der Waals surface area contributed by atoms with Gasteiger partial charge >= 0.3 is 0 Å². The highest BCUT2D eigenvalue weighted by molar-refractivity contribution is 6.20. The van der Waals surface area contributed by atoms with Crippen molar-refractivity contribution in [3.05, 3.63) is 89.5 Å². The summed E-state index contributed by atoms with van der Waals surface area (Å²) in [6.07, 6.45) is 0.623. The monoisotopic (exact) mass is 457 g/mol. The van der Waals surface area contributed by atoms with Gasteiger partial charge < -0.3 is 19.7 Å². The average Bonchev–Trinajstić information content (AvgIpc) is 3.01. The topological polar surface area (TPSA) is 80.2 Å². The molecule has 3 aromatic rings. The first kappa shape index (κ1) is 23.0. The minimum atomic E-state index is -0.230. The Bertz CT molecular complexity index is 1210. The van der Waals surface area contributed by atoms with E-state index in [4.69, 9.17) is 9.47 Å². The molecule has 1 aliphatic rings. The molecule has 0 fully saturated rings. The van der Waals surface area contributed by atoms with Gasteiger partial charge in [0, 0.05) is 17.7 Å². The fourth-order valence-corrected chi connectivity index (χ4v) is 3.96. The van der Waals surface area contributed by atoms with E-state index in [-0.39, 0.29) is 24.9 Å². The lowest BCUT2D eigenvalue weighted by molar-refractivity contribution is -0.123. The summed E-state index contributed by atoms with van der Waals surface area (Å²) in [4.78, 5) is 31.8. The van der Waals surface area contributed by atoms with E-state index >= 15 is 0 Å². The fourth-order valence-electron chi connectivity index (χ4n) is 3.96. The molecule has 0 spiro atoms. The van der Waals surface area contributed by atoms with Crippen LogP contribution in [0.3, 0.4) is 0 Å². The number of nitrogens with one attached hydrogen (secondary N) is 1. The number of nitrogens with zero attached hydrogens (tertiary/aromatic N) is 2. The van der Waals surface area contributed by atoms with Crippen LogP contribution in [-0.2, 0) is 16.0 Å². The number of benzodiazepines with no additional fused rings is 1. The molecule has 1 aliphatic heterocycles. The smallest absolute Gasteiger partial charge is 0.249 e. The summed E-state index contributed by atoms with van der Waals surface area (Å²) in [5, 5.41) is 2.92. The molecule has 7 heteroatoms. The molecule has 34 heavy (non-hydrogen) atoms. The second-order valence-electron chi connectivity index (χ2n) is 7.82. The molecule has 0 bridgehead atoms. The zero-order valence-corrected chi connectivity index (χ0v) is 19.3. The SMILES string of the molecule is COc1ccc(CCNC(=O)CN2C(=O)CN=C(c3ccccc3)c3ccccc32)cc1OC. The molecule has 0 unspecified atom stereocenters. The minimum Gasteiger partial charge on any atom is -0.493 e. The Morgan fingerprint density at radius 2 is 1.71 bits per heavy atom. The van der Waals surface area contributed by atoms with Gasteiger partial charge in [0.15, 0.2) is 11.5 Å². The number of amides is 2. The molecular weight excluding hydrogens is 430 g/mol. The van der Waals surface area contributed by atoms with E-state index in [0.29, 0.717) is 30.2 Å². The Balaban J connectivity index is 1.45. The Hall–Kier alpha value is -4.13. The summed E-state index contributed by atoms with van der Waals surface area (Å²) in [6, 6.07) is 23.0. The normalized spacial score (nSPS) is 12.9. The van der Waals surface area contributed by atoms with Crippen molar-refractivity contribution >= 4 is 23.2 Å². The number of fused-ring (bicyclic) bond motifs is 1. The number of hydrogen-bond donors (Lipinski definition) is 1. The zero-order chi connectivity index (χ0) is 23.9. The summed E-state index contributed by atoms with van der Waals surface area (Å²) < 4.78 is 10.6. The molecule has 0 saturated heterocycles. The molecule has 0 aromatic heterocycles. The van der Waals surface area contributed by atoms with Crippen LogP contribution in [0.15, 0.2) is 77.8 Å². The predicted octanol–water partition coefficient (Wildman–Crippen LogP) is 3.25. The van der Waals surface area contributed by atoms with Crippen LogP contribution in [0.4, 0.5) is 5.69 Å². The van der Waals surface area contributed by atoms with Crippen molar-refractivity contribution in [2.45, 2.75) is 6.42 Å². The molecule has 174 valence electrons. The van der Waals surface area contributed by atoms with Gasteiger partial charge in [0.05, 0.1) is 25.6 Å². The summed E-state index contributed by atoms with van der Waals surface area (Å²) in [5.41, 5.74) is 4.21. The van der Waals surface area contributed by atoms with Crippen LogP contribution in [0.25, 0.3) is 0 Å². The van der Waals surface area contributed by atoms with E-state index in [1.54, 1.807) is 14.2 Å². The van der Waals surface area contributed by atoms with Crippen LogP contribution < -0.4 is 19.7 Å². The number of benzene rings is 3.